The molecule has 0 saturated carbocycles. The molecule has 0 fully saturated rings. The fourth-order valence-electron chi connectivity index (χ4n) is 1.87. The van der Waals surface area contributed by atoms with Crippen molar-refractivity contribution in [1.29, 1.82) is 0 Å². The Bertz CT molecular complexity index is 573. The van der Waals surface area contributed by atoms with Crippen molar-refractivity contribution in [2.24, 2.45) is 0 Å². The summed E-state index contributed by atoms with van der Waals surface area (Å²) in [5.41, 5.74) is 0.934. The highest BCUT2D eigenvalue weighted by molar-refractivity contribution is 9.10. The molecule has 3 nitrogen and oxygen atoms in total. The Hall–Kier alpha value is -0.490. The molecule has 1 unspecified atom stereocenters. The standard InChI is InChI=1S/C14H17BrClN3S/c1-3-7-17-12(4-2)14-19-18-13(20-14)10-6-5-9(15)8-11(10)16/h5-6,8,12,17H,3-4,7H2,1-2H3. The van der Waals surface area contributed by atoms with Gasteiger partial charge in [0.2, 0.25) is 0 Å². The summed E-state index contributed by atoms with van der Waals surface area (Å²) in [6.07, 6.45) is 2.11. The van der Waals surface area contributed by atoms with Gasteiger partial charge in [0.05, 0.1) is 11.1 Å². The van der Waals surface area contributed by atoms with Gasteiger partial charge < -0.3 is 5.32 Å². The minimum Gasteiger partial charge on any atom is -0.308 e. The molecule has 1 N–H and O–H groups in total. The summed E-state index contributed by atoms with van der Waals surface area (Å²) in [7, 11) is 0. The molecule has 1 atom stereocenters. The number of halogens is 2. The minimum atomic E-state index is 0.274. The third-order valence-corrected chi connectivity index (χ3v) is 4.83. The Morgan fingerprint density at radius 1 is 1.35 bits per heavy atom. The minimum absolute atomic E-state index is 0.274. The Labute approximate surface area is 136 Å². The summed E-state index contributed by atoms with van der Waals surface area (Å²) in [5, 5.41) is 14.7. The van der Waals surface area contributed by atoms with Crippen molar-refractivity contribution in [3.05, 3.63) is 32.7 Å². The van der Waals surface area contributed by atoms with Crippen molar-refractivity contribution in [3.63, 3.8) is 0 Å². The maximum Gasteiger partial charge on any atom is 0.149 e. The maximum atomic E-state index is 6.26. The lowest BCUT2D eigenvalue weighted by atomic mass is 10.2. The van der Waals surface area contributed by atoms with E-state index in [4.69, 9.17) is 11.6 Å². The van der Waals surface area contributed by atoms with E-state index < -0.39 is 0 Å². The molecule has 1 heterocycles. The number of hydrogen-bond donors (Lipinski definition) is 1. The summed E-state index contributed by atoms with van der Waals surface area (Å²) in [6, 6.07) is 6.09. The van der Waals surface area contributed by atoms with Gasteiger partial charge in [-0.05, 0) is 37.6 Å². The normalized spacial score (nSPS) is 12.6. The third-order valence-electron chi connectivity index (χ3n) is 2.95. The van der Waals surface area contributed by atoms with Crippen molar-refractivity contribution in [2.45, 2.75) is 32.7 Å². The van der Waals surface area contributed by atoms with Crippen molar-refractivity contribution in [2.75, 3.05) is 6.54 Å². The van der Waals surface area contributed by atoms with Crippen molar-refractivity contribution >= 4 is 38.9 Å². The van der Waals surface area contributed by atoms with Gasteiger partial charge in [0, 0.05) is 10.0 Å². The van der Waals surface area contributed by atoms with Crippen molar-refractivity contribution < 1.29 is 0 Å². The molecule has 2 rings (SSSR count). The number of nitrogens with zero attached hydrogens (tertiary/aromatic N) is 2. The summed E-state index contributed by atoms with van der Waals surface area (Å²) in [5.74, 6) is 0. The van der Waals surface area contributed by atoms with Gasteiger partial charge in [0.15, 0.2) is 0 Å². The van der Waals surface area contributed by atoms with E-state index in [1.54, 1.807) is 11.3 Å². The summed E-state index contributed by atoms with van der Waals surface area (Å²) < 4.78 is 0.965. The second kappa shape index (κ2) is 7.50. The van der Waals surface area contributed by atoms with Gasteiger partial charge in [-0.15, -0.1) is 10.2 Å². The molecule has 1 aromatic heterocycles. The summed E-state index contributed by atoms with van der Waals surface area (Å²) >= 11 is 11.3. The first-order chi connectivity index (χ1) is 9.65. The highest BCUT2D eigenvalue weighted by atomic mass is 79.9. The molecule has 0 aliphatic heterocycles. The zero-order valence-corrected chi connectivity index (χ0v) is 14.6. The predicted molar refractivity (Wildman–Crippen MR) is 89.4 cm³/mol. The van der Waals surface area contributed by atoms with E-state index in [1.807, 2.05) is 18.2 Å². The smallest absolute Gasteiger partial charge is 0.149 e. The van der Waals surface area contributed by atoms with Gasteiger partial charge >= 0.3 is 0 Å². The third kappa shape index (κ3) is 3.79. The van der Waals surface area contributed by atoms with E-state index in [2.05, 4.69) is 45.3 Å². The first kappa shape index (κ1) is 15.9. The topological polar surface area (TPSA) is 37.8 Å². The quantitative estimate of drug-likeness (QED) is 0.767. The van der Waals surface area contributed by atoms with E-state index in [0.717, 1.165) is 39.4 Å². The lowest BCUT2D eigenvalue weighted by Gasteiger charge is -2.12. The number of rotatable bonds is 6. The molecule has 0 bridgehead atoms. The van der Waals surface area contributed by atoms with Crippen molar-refractivity contribution in [3.8, 4) is 10.6 Å². The van der Waals surface area contributed by atoms with E-state index in [1.165, 1.54) is 0 Å². The average molecular weight is 375 g/mol. The molecule has 2 aromatic rings. The first-order valence-corrected chi connectivity index (χ1v) is 8.66. The van der Waals surface area contributed by atoms with Crippen LogP contribution in [0.2, 0.25) is 5.02 Å². The molecule has 0 aliphatic rings. The molecule has 0 saturated heterocycles. The van der Waals surface area contributed by atoms with Gasteiger partial charge in [-0.25, -0.2) is 0 Å². The summed E-state index contributed by atoms with van der Waals surface area (Å²) in [6.45, 7) is 5.31. The van der Waals surface area contributed by atoms with Crippen molar-refractivity contribution in [1.82, 2.24) is 15.5 Å². The number of benzene rings is 1. The molecule has 6 heteroatoms. The van der Waals surface area contributed by atoms with E-state index in [-0.39, 0.29) is 6.04 Å². The lowest BCUT2D eigenvalue weighted by molar-refractivity contribution is 0.513. The maximum absolute atomic E-state index is 6.26. The molecule has 0 amide bonds. The Morgan fingerprint density at radius 3 is 2.80 bits per heavy atom. The fraction of sp³-hybridized carbons (Fsp3) is 0.429. The van der Waals surface area contributed by atoms with Crippen LogP contribution in [-0.2, 0) is 0 Å². The number of aromatic nitrogens is 2. The second-order valence-electron chi connectivity index (χ2n) is 4.48. The largest absolute Gasteiger partial charge is 0.308 e. The van der Waals surface area contributed by atoms with Crippen LogP contribution in [0.1, 0.15) is 37.7 Å². The van der Waals surface area contributed by atoms with E-state index >= 15 is 0 Å². The van der Waals surface area contributed by atoms with Gasteiger partial charge in [0.1, 0.15) is 10.0 Å². The monoisotopic (exact) mass is 373 g/mol. The molecule has 20 heavy (non-hydrogen) atoms. The van der Waals surface area contributed by atoms with Gasteiger partial charge in [-0.1, -0.05) is 52.7 Å². The van der Waals surface area contributed by atoms with Crippen LogP contribution in [0.4, 0.5) is 0 Å². The van der Waals surface area contributed by atoms with Crippen LogP contribution in [0.3, 0.4) is 0 Å². The van der Waals surface area contributed by atoms with Crippen LogP contribution in [0.5, 0.6) is 0 Å². The molecule has 0 aliphatic carbocycles. The van der Waals surface area contributed by atoms with Crippen LogP contribution in [-0.4, -0.2) is 16.7 Å². The highest BCUT2D eigenvalue weighted by Gasteiger charge is 2.16. The Kier molecular flexibility index (Phi) is 5.96. The number of nitrogens with one attached hydrogen (secondary N) is 1. The molecule has 1 aromatic carbocycles. The van der Waals surface area contributed by atoms with Gasteiger partial charge in [0.25, 0.3) is 0 Å². The van der Waals surface area contributed by atoms with Gasteiger partial charge in [-0.2, -0.15) is 0 Å². The lowest BCUT2D eigenvalue weighted by Crippen LogP contribution is -2.21. The molecular formula is C14H17BrClN3S. The predicted octanol–water partition coefficient (Wildman–Crippen LogP) is 5.07. The SMILES string of the molecule is CCCNC(CC)c1nnc(-c2ccc(Br)cc2Cl)s1. The van der Waals surface area contributed by atoms with Gasteiger partial charge in [-0.3, -0.25) is 0 Å². The second-order valence-corrected chi connectivity index (χ2v) is 6.82. The molecular weight excluding hydrogens is 358 g/mol. The van der Waals surface area contributed by atoms with Crippen LogP contribution in [0.25, 0.3) is 10.6 Å². The molecule has 0 radical (unpaired) electrons. The zero-order chi connectivity index (χ0) is 14.5. The Balaban J connectivity index is 2.23. The first-order valence-electron chi connectivity index (χ1n) is 6.67. The molecule has 108 valence electrons. The van der Waals surface area contributed by atoms with Crippen LogP contribution < -0.4 is 5.32 Å². The average Bonchev–Trinajstić information content (AvgIpc) is 2.89. The Morgan fingerprint density at radius 2 is 2.15 bits per heavy atom. The fourth-order valence-corrected chi connectivity index (χ4v) is 3.73. The summed E-state index contributed by atoms with van der Waals surface area (Å²) in [4.78, 5) is 0. The van der Waals surface area contributed by atoms with E-state index in [0.29, 0.717) is 5.02 Å². The van der Waals surface area contributed by atoms with Crippen LogP contribution in [0.15, 0.2) is 22.7 Å². The number of hydrogen-bond acceptors (Lipinski definition) is 4. The zero-order valence-electron chi connectivity index (χ0n) is 11.5. The van der Waals surface area contributed by atoms with Crippen LogP contribution >= 0.6 is 38.9 Å². The molecule has 0 spiro atoms. The highest BCUT2D eigenvalue weighted by Crippen LogP contribution is 2.34. The van der Waals surface area contributed by atoms with Crippen LogP contribution in [0, 0.1) is 0 Å². The van der Waals surface area contributed by atoms with E-state index in [9.17, 15) is 0 Å².